The standard InChI is InChI=1S/C13H13N5OS/c1-8-11(9(2)19-18-8)7-20-13-15-12(16-17-13)10-4-3-5-14-6-10/h3-6H,7H2,1-2H3,(H,15,16,17). The molecule has 0 radical (unpaired) electrons. The number of hydrogen-bond donors (Lipinski definition) is 1. The van der Waals surface area contributed by atoms with E-state index >= 15 is 0 Å². The summed E-state index contributed by atoms with van der Waals surface area (Å²) in [6, 6.07) is 3.81. The molecule has 3 rings (SSSR count). The predicted molar refractivity (Wildman–Crippen MR) is 75.2 cm³/mol. The Morgan fingerprint density at radius 2 is 2.25 bits per heavy atom. The summed E-state index contributed by atoms with van der Waals surface area (Å²) in [4.78, 5) is 8.51. The minimum atomic E-state index is 0.698. The third kappa shape index (κ3) is 2.57. The Morgan fingerprint density at radius 3 is 2.95 bits per heavy atom. The van der Waals surface area contributed by atoms with E-state index in [4.69, 9.17) is 4.52 Å². The van der Waals surface area contributed by atoms with Gasteiger partial charge in [0.15, 0.2) is 5.82 Å². The summed E-state index contributed by atoms with van der Waals surface area (Å²) in [5.41, 5.74) is 2.94. The van der Waals surface area contributed by atoms with Gasteiger partial charge in [0.25, 0.3) is 0 Å². The highest BCUT2D eigenvalue weighted by Gasteiger charge is 2.11. The second-order valence-electron chi connectivity index (χ2n) is 4.30. The van der Waals surface area contributed by atoms with E-state index in [-0.39, 0.29) is 0 Å². The van der Waals surface area contributed by atoms with Gasteiger partial charge in [-0.25, -0.2) is 4.98 Å². The second-order valence-corrected chi connectivity index (χ2v) is 5.24. The Balaban J connectivity index is 1.72. The number of aromatic amines is 1. The van der Waals surface area contributed by atoms with Gasteiger partial charge >= 0.3 is 0 Å². The summed E-state index contributed by atoms with van der Waals surface area (Å²) in [7, 11) is 0. The largest absolute Gasteiger partial charge is 0.361 e. The second kappa shape index (κ2) is 5.46. The summed E-state index contributed by atoms with van der Waals surface area (Å²) in [6.07, 6.45) is 3.48. The molecule has 1 N–H and O–H groups in total. The molecule has 0 aliphatic heterocycles. The van der Waals surface area contributed by atoms with Gasteiger partial charge in [0.1, 0.15) is 5.76 Å². The van der Waals surface area contributed by atoms with E-state index in [9.17, 15) is 0 Å². The quantitative estimate of drug-likeness (QED) is 0.743. The van der Waals surface area contributed by atoms with E-state index in [2.05, 4.69) is 25.3 Å². The molecule has 0 spiro atoms. The predicted octanol–water partition coefficient (Wildman–Crippen LogP) is 2.76. The number of hydrogen-bond acceptors (Lipinski definition) is 6. The highest BCUT2D eigenvalue weighted by molar-refractivity contribution is 7.98. The van der Waals surface area contributed by atoms with E-state index in [1.807, 2.05) is 26.0 Å². The molecule has 0 amide bonds. The summed E-state index contributed by atoms with van der Waals surface area (Å²) < 4.78 is 5.14. The van der Waals surface area contributed by atoms with Crippen molar-refractivity contribution in [3.05, 3.63) is 41.5 Å². The van der Waals surface area contributed by atoms with Crippen LogP contribution < -0.4 is 0 Å². The number of nitrogens with zero attached hydrogens (tertiary/aromatic N) is 4. The van der Waals surface area contributed by atoms with Crippen LogP contribution in [0, 0.1) is 13.8 Å². The number of nitrogens with one attached hydrogen (secondary N) is 1. The van der Waals surface area contributed by atoms with Crippen LogP contribution in [0.5, 0.6) is 0 Å². The molecule has 0 saturated carbocycles. The lowest BCUT2D eigenvalue weighted by Crippen LogP contribution is -1.86. The lowest BCUT2D eigenvalue weighted by Gasteiger charge is -1.96. The summed E-state index contributed by atoms with van der Waals surface area (Å²) >= 11 is 1.55. The first-order valence-electron chi connectivity index (χ1n) is 6.11. The van der Waals surface area contributed by atoms with Crippen molar-refractivity contribution >= 4 is 11.8 Å². The van der Waals surface area contributed by atoms with Gasteiger partial charge in [-0.05, 0) is 26.0 Å². The van der Waals surface area contributed by atoms with E-state index in [1.165, 1.54) is 0 Å². The third-order valence-corrected chi connectivity index (χ3v) is 3.80. The maximum absolute atomic E-state index is 5.14. The van der Waals surface area contributed by atoms with Crippen LogP contribution >= 0.6 is 11.8 Å². The maximum Gasteiger partial charge on any atom is 0.209 e. The van der Waals surface area contributed by atoms with E-state index in [0.29, 0.717) is 5.16 Å². The fourth-order valence-corrected chi connectivity index (χ4v) is 2.74. The molecule has 0 atom stereocenters. The molecule has 0 unspecified atom stereocenters. The number of rotatable bonds is 4. The molecule has 0 aliphatic rings. The monoisotopic (exact) mass is 287 g/mol. The molecule has 3 aromatic rings. The van der Waals surface area contributed by atoms with Crippen LogP contribution in [0.3, 0.4) is 0 Å². The zero-order chi connectivity index (χ0) is 13.9. The molecule has 20 heavy (non-hydrogen) atoms. The molecular weight excluding hydrogens is 274 g/mol. The first-order valence-corrected chi connectivity index (χ1v) is 7.10. The van der Waals surface area contributed by atoms with Gasteiger partial charge < -0.3 is 4.52 Å². The number of pyridine rings is 1. The average Bonchev–Trinajstić information content (AvgIpc) is 3.06. The Morgan fingerprint density at radius 1 is 1.35 bits per heavy atom. The molecule has 3 heterocycles. The lowest BCUT2D eigenvalue weighted by molar-refractivity contribution is 0.392. The summed E-state index contributed by atoms with van der Waals surface area (Å²) in [5.74, 6) is 2.31. The van der Waals surface area contributed by atoms with Crippen molar-refractivity contribution in [2.45, 2.75) is 24.8 Å². The Labute approximate surface area is 120 Å². The van der Waals surface area contributed by atoms with Gasteiger partial charge in [-0.1, -0.05) is 16.9 Å². The van der Waals surface area contributed by atoms with Gasteiger partial charge in [0, 0.05) is 29.3 Å². The normalized spacial score (nSPS) is 10.9. The first kappa shape index (κ1) is 12.9. The maximum atomic E-state index is 5.14. The lowest BCUT2D eigenvalue weighted by atomic mass is 10.2. The molecular formula is C13H13N5OS. The fraction of sp³-hybridized carbons (Fsp3) is 0.231. The average molecular weight is 287 g/mol. The van der Waals surface area contributed by atoms with Crippen LogP contribution in [0.1, 0.15) is 17.0 Å². The molecule has 0 saturated heterocycles. The Bertz CT molecular complexity index is 687. The van der Waals surface area contributed by atoms with Crippen molar-refractivity contribution < 1.29 is 4.52 Å². The van der Waals surface area contributed by atoms with Gasteiger partial charge in [0.05, 0.1) is 5.69 Å². The SMILES string of the molecule is Cc1noc(C)c1CSc1n[nH]c(-c2cccnc2)n1. The van der Waals surface area contributed by atoms with E-state index in [1.54, 1.807) is 24.2 Å². The molecule has 0 aromatic carbocycles. The van der Waals surface area contributed by atoms with Crippen molar-refractivity contribution in [1.82, 2.24) is 25.3 Å². The van der Waals surface area contributed by atoms with Gasteiger partial charge in [-0.2, -0.15) is 0 Å². The summed E-state index contributed by atoms with van der Waals surface area (Å²) in [5, 5.41) is 11.8. The van der Waals surface area contributed by atoms with Gasteiger partial charge in [0.2, 0.25) is 5.16 Å². The molecule has 3 aromatic heterocycles. The van der Waals surface area contributed by atoms with Crippen molar-refractivity contribution in [1.29, 1.82) is 0 Å². The fourth-order valence-electron chi connectivity index (χ4n) is 1.79. The number of H-pyrrole nitrogens is 1. The highest BCUT2D eigenvalue weighted by Crippen LogP contribution is 2.25. The summed E-state index contributed by atoms with van der Waals surface area (Å²) in [6.45, 7) is 3.85. The van der Waals surface area contributed by atoms with Crippen molar-refractivity contribution in [3.8, 4) is 11.4 Å². The van der Waals surface area contributed by atoms with Crippen LogP contribution in [0.4, 0.5) is 0 Å². The van der Waals surface area contributed by atoms with Crippen LogP contribution in [0.2, 0.25) is 0 Å². The molecule has 6 nitrogen and oxygen atoms in total. The highest BCUT2D eigenvalue weighted by atomic mass is 32.2. The van der Waals surface area contributed by atoms with E-state index < -0.39 is 0 Å². The zero-order valence-corrected chi connectivity index (χ0v) is 11.9. The minimum Gasteiger partial charge on any atom is -0.361 e. The Kier molecular flexibility index (Phi) is 3.51. The van der Waals surface area contributed by atoms with Crippen molar-refractivity contribution in [2.24, 2.45) is 0 Å². The number of aromatic nitrogens is 5. The first-order chi connectivity index (χ1) is 9.74. The van der Waals surface area contributed by atoms with Gasteiger partial charge in [-0.15, -0.1) is 5.10 Å². The molecule has 0 bridgehead atoms. The van der Waals surface area contributed by atoms with Crippen molar-refractivity contribution in [2.75, 3.05) is 0 Å². The third-order valence-electron chi connectivity index (χ3n) is 2.93. The molecule has 0 fully saturated rings. The van der Waals surface area contributed by atoms with Crippen LogP contribution in [0.15, 0.2) is 34.2 Å². The Hall–Kier alpha value is -2.15. The smallest absolute Gasteiger partial charge is 0.209 e. The zero-order valence-electron chi connectivity index (χ0n) is 11.1. The van der Waals surface area contributed by atoms with Crippen molar-refractivity contribution in [3.63, 3.8) is 0 Å². The topological polar surface area (TPSA) is 80.5 Å². The van der Waals surface area contributed by atoms with Gasteiger partial charge in [-0.3, -0.25) is 10.1 Å². The number of thioether (sulfide) groups is 1. The van der Waals surface area contributed by atoms with Crippen LogP contribution in [0.25, 0.3) is 11.4 Å². The molecule has 102 valence electrons. The molecule has 7 heteroatoms. The molecule has 0 aliphatic carbocycles. The van der Waals surface area contributed by atoms with Crippen LogP contribution in [-0.2, 0) is 5.75 Å². The van der Waals surface area contributed by atoms with E-state index in [0.717, 1.165) is 34.2 Å². The van der Waals surface area contributed by atoms with Crippen LogP contribution in [-0.4, -0.2) is 25.3 Å². The minimum absolute atomic E-state index is 0.698. The number of aryl methyl sites for hydroxylation is 2.